The third-order valence-corrected chi connectivity index (χ3v) is 3.47. The monoisotopic (exact) mass is 326 g/mol. The fourth-order valence-electron chi connectivity index (χ4n) is 1.56. The van der Waals surface area contributed by atoms with E-state index in [1.807, 2.05) is 0 Å². The van der Waals surface area contributed by atoms with E-state index in [2.05, 4.69) is 0 Å². The number of hydrogen-bond acceptors (Lipinski definition) is 4. The summed E-state index contributed by atoms with van der Waals surface area (Å²) >= 11 is 0. The highest BCUT2D eigenvalue weighted by Gasteiger charge is 2.35. The molecule has 0 aromatic heterocycles. The van der Waals surface area contributed by atoms with Crippen molar-refractivity contribution in [3.8, 4) is 5.75 Å². The first-order valence-electron chi connectivity index (χ1n) is 5.69. The average Bonchev–Trinajstić information content (AvgIpc) is 2.24. The number of rotatable bonds is 4. The maximum atomic E-state index is 12.8. The van der Waals surface area contributed by atoms with Gasteiger partial charge < -0.3 is 9.84 Å². The Bertz CT molecular complexity index is 662. The maximum absolute atomic E-state index is 12.8. The lowest BCUT2D eigenvalue weighted by atomic mass is 10.1. The van der Waals surface area contributed by atoms with Crippen LogP contribution < -0.4 is 4.74 Å². The fraction of sp³-hybridized carbons (Fsp3) is 0.417. The second-order valence-electron chi connectivity index (χ2n) is 4.59. The van der Waals surface area contributed by atoms with E-state index in [0.29, 0.717) is 18.4 Å². The van der Waals surface area contributed by atoms with Crippen molar-refractivity contribution in [2.45, 2.75) is 31.0 Å². The Morgan fingerprint density at radius 2 is 1.81 bits per heavy atom. The Labute approximate surface area is 119 Å². The van der Waals surface area contributed by atoms with Gasteiger partial charge in [0.05, 0.1) is 11.7 Å². The molecule has 118 valence electrons. The van der Waals surface area contributed by atoms with E-state index in [1.54, 1.807) is 0 Å². The second kappa shape index (κ2) is 5.55. The zero-order valence-electron chi connectivity index (χ0n) is 11.4. The van der Waals surface area contributed by atoms with Gasteiger partial charge in [0.25, 0.3) is 0 Å². The molecule has 0 saturated carbocycles. The standard InChI is InChI=1S/C12H13F3O5S/c1-6(2)20-10-8(11(16)17)4-7(12(13,14)15)5-9(10)21(3,18)19/h4-6H,1-3H3,(H,16,17). The molecule has 0 fully saturated rings. The Balaban J connectivity index is 3.79. The van der Waals surface area contributed by atoms with Crippen LogP contribution in [0.15, 0.2) is 17.0 Å². The minimum atomic E-state index is -4.87. The van der Waals surface area contributed by atoms with Crippen LogP contribution in [0.4, 0.5) is 13.2 Å². The zero-order chi connectivity index (χ0) is 16.6. The smallest absolute Gasteiger partial charge is 0.416 e. The lowest BCUT2D eigenvalue weighted by molar-refractivity contribution is -0.137. The summed E-state index contributed by atoms with van der Waals surface area (Å²) in [5.41, 5.74) is -2.21. The molecule has 0 aliphatic rings. The molecule has 0 heterocycles. The number of sulfone groups is 1. The number of carboxylic acids is 1. The minimum absolute atomic E-state index is 0.356. The molecule has 0 aliphatic heterocycles. The quantitative estimate of drug-likeness (QED) is 0.920. The first-order valence-corrected chi connectivity index (χ1v) is 7.58. The van der Waals surface area contributed by atoms with Crippen LogP contribution in [0.3, 0.4) is 0 Å². The van der Waals surface area contributed by atoms with E-state index >= 15 is 0 Å². The van der Waals surface area contributed by atoms with Gasteiger partial charge in [-0.15, -0.1) is 0 Å². The lowest BCUT2D eigenvalue weighted by Crippen LogP contribution is -2.16. The van der Waals surface area contributed by atoms with Gasteiger partial charge >= 0.3 is 12.1 Å². The number of aromatic carboxylic acids is 1. The molecule has 0 aliphatic carbocycles. The highest BCUT2D eigenvalue weighted by atomic mass is 32.2. The molecule has 1 N–H and O–H groups in total. The molecule has 5 nitrogen and oxygen atoms in total. The Hall–Kier alpha value is -1.77. The number of alkyl halides is 3. The molecule has 0 saturated heterocycles. The summed E-state index contributed by atoms with van der Waals surface area (Å²) in [6.45, 7) is 2.99. The van der Waals surface area contributed by atoms with Gasteiger partial charge in [-0.3, -0.25) is 0 Å². The van der Waals surface area contributed by atoms with E-state index in [9.17, 15) is 26.4 Å². The van der Waals surface area contributed by atoms with Crippen LogP contribution in [0, 0.1) is 0 Å². The Morgan fingerprint density at radius 3 is 2.14 bits per heavy atom. The third-order valence-electron chi connectivity index (χ3n) is 2.37. The molecule has 1 aromatic rings. The summed E-state index contributed by atoms with van der Waals surface area (Å²) in [5.74, 6) is -2.30. The molecule has 0 atom stereocenters. The summed E-state index contributed by atoms with van der Waals surface area (Å²) in [6, 6.07) is 0.730. The minimum Gasteiger partial charge on any atom is -0.489 e. The van der Waals surface area contributed by atoms with Gasteiger partial charge in [0, 0.05) is 6.26 Å². The van der Waals surface area contributed by atoms with Crippen LogP contribution >= 0.6 is 0 Å². The van der Waals surface area contributed by atoms with Crippen LogP contribution in [0.2, 0.25) is 0 Å². The average molecular weight is 326 g/mol. The predicted molar refractivity (Wildman–Crippen MR) is 67.3 cm³/mol. The van der Waals surface area contributed by atoms with E-state index in [1.165, 1.54) is 13.8 Å². The molecule has 0 bridgehead atoms. The summed E-state index contributed by atoms with van der Waals surface area (Å²) < 4.78 is 66.7. The van der Waals surface area contributed by atoms with Crippen LogP contribution in [-0.4, -0.2) is 31.9 Å². The van der Waals surface area contributed by atoms with Crippen molar-refractivity contribution >= 4 is 15.8 Å². The van der Waals surface area contributed by atoms with Gasteiger partial charge in [-0.25, -0.2) is 13.2 Å². The van der Waals surface area contributed by atoms with E-state index in [0.717, 1.165) is 0 Å². The van der Waals surface area contributed by atoms with E-state index in [-0.39, 0.29) is 0 Å². The molecule has 21 heavy (non-hydrogen) atoms. The number of hydrogen-bond donors (Lipinski definition) is 1. The number of ether oxygens (including phenoxy) is 1. The summed E-state index contributed by atoms with van der Waals surface area (Å²) in [4.78, 5) is 10.3. The zero-order valence-corrected chi connectivity index (χ0v) is 12.2. The number of halogens is 3. The van der Waals surface area contributed by atoms with Crippen LogP contribution in [0.25, 0.3) is 0 Å². The molecule has 0 radical (unpaired) electrons. The van der Waals surface area contributed by atoms with Crippen molar-refractivity contribution in [1.82, 2.24) is 0 Å². The molecule has 1 aromatic carbocycles. The number of benzene rings is 1. The first-order chi connectivity index (χ1) is 9.34. The summed E-state index contributed by atoms with van der Waals surface area (Å²) in [6.07, 6.45) is -4.80. The van der Waals surface area contributed by atoms with Gasteiger partial charge in [-0.05, 0) is 26.0 Å². The van der Waals surface area contributed by atoms with Gasteiger partial charge in [0.15, 0.2) is 15.6 Å². The molecular formula is C12H13F3O5S. The van der Waals surface area contributed by atoms with Crippen LogP contribution in [0.1, 0.15) is 29.8 Å². The molecule has 1 rings (SSSR count). The van der Waals surface area contributed by atoms with Gasteiger partial charge in [0.1, 0.15) is 10.5 Å². The maximum Gasteiger partial charge on any atom is 0.416 e. The van der Waals surface area contributed by atoms with Gasteiger partial charge in [-0.2, -0.15) is 13.2 Å². The van der Waals surface area contributed by atoms with Crippen LogP contribution in [-0.2, 0) is 16.0 Å². The van der Waals surface area contributed by atoms with Crippen molar-refractivity contribution in [3.63, 3.8) is 0 Å². The Morgan fingerprint density at radius 1 is 1.29 bits per heavy atom. The molecular weight excluding hydrogens is 313 g/mol. The third kappa shape index (κ3) is 4.10. The highest BCUT2D eigenvalue weighted by molar-refractivity contribution is 7.90. The highest BCUT2D eigenvalue weighted by Crippen LogP contribution is 2.37. The Kier molecular flexibility index (Phi) is 4.57. The van der Waals surface area contributed by atoms with Crippen molar-refractivity contribution < 1.29 is 36.2 Å². The van der Waals surface area contributed by atoms with Crippen molar-refractivity contribution in [2.75, 3.05) is 6.26 Å². The number of carboxylic acid groups (broad SMARTS) is 1. The van der Waals surface area contributed by atoms with Crippen molar-refractivity contribution in [3.05, 3.63) is 23.3 Å². The number of carbonyl (C=O) groups is 1. The molecule has 0 spiro atoms. The van der Waals surface area contributed by atoms with Crippen molar-refractivity contribution in [2.24, 2.45) is 0 Å². The van der Waals surface area contributed by atoms with Crippen LogP contribution in [0.5, 0.6) is 5.75 Å². The first kappa shape index (κ1) is 17.3. The lowest BCUT2D eigenvalue weighted by Gasteiger charge is -2.18. The van der Waals surface area contributed by atoms with Gasteiger partial charge in [-0.1, -0.05) is 0 Å². The second-order valence-corrected chi connectivity index (χ2v) is 6.58. The summed E-state index contributed by atoms with van der Waals surface area (Å²) in [5, 5.41) is 9.02. The normalized spacial score (nSPS) is 12.5. The summed E-state index contributed by atoms with van der Waals surface area (Å²) in [7, 11) is -4.11. The topological polar surface area (TPSA) is 80.7 Å². The SMILES string of the molecule is CC(C)Oc1c(C(=O)O)cc(C(F)(F)F)cc1S(C)(=O)=O. The van der Waals surface area contributed by atoms with Gasteiger partial charge in [0.2, 0.25) is 0 Å². The fourth-order valence-corrected chi connectivity index (χ4v) is 2.39. The van der Waals surface area contributed by atoms with E-state index in [4.69, 9.17) is 9.84 Å². The van der Waals surface area contributed by atoms with Crippen molar-refractivity contribution in [1.29, 1.82) is 0 Å². The molecule has 0 amide bonds. The molecule has 0 unspecified atom stereocenters. The molecule has 9 heteroatoms. The predicted octanol–water partition coefficient (Wildman–Crippen LogP) is 2.59. The largest absolute Gasteiger partial charge is 0.489 e. The van der Waals surface area contributed by atoms with E-state index < -0.39 is 49.9 Å².